The van der Waals surface area contributed by atoms with E-state index >= 15 is 0 Å². The van der Waals surface area contributed by atoms with Gasteiger partial charge in [-0.3, -0.25) is 0 Å². The minimum atomic E-state index is -3.87. The van der Waals surface area contributed by atoms with Crippen LogP contribution < -0.4 is 5.14 Å². The molecule has 0 saturated carbocycles. The van der Waals surface area contributed by atoms with Gasteiger partial charge in [0.15, 0.2) is 0 Å². The Morgan fingerprint density at radius 3 is 2.05 bits per heavy atom. The fourth-order valence-corrected chi connectivity index (χ4v) is 3.43. The lowest BCUT2D eigenvalue weighted by atomic mass is 10.4. The number of primary sulfonamides is 1. The Bertz CT molecular complexity index is 665. The zero-order valence-electron chi connectivity index (χ0n) is 10.6. The Balaban J connectivity index is 3.18. The molecular weight excluding hydrogens is 304 g/mol. The van der Waals surface area contributed by atoms with Crippen molar-refractivity contribution in [1.29, 1.82) is 0 Å². The predicted molar refractivity (Wildman–Crippen MR) is 73.9 cm³/mol. The van der Waals surface area contributed by atoms with Crippen LogP contribution in [0.3, 0.4) is 0 Å². The molecule has 1 aromatic rings. The molecule has 0 atom stereocenters. The van der Waals surface area contributed by atoms with Crippen LogP contribution in [0.5, 0.6) is 0 Å². The molecule has 0 fully saturated rings. The first-order valence-corrected chi connectivity index (χ1v) is 8.57. The second-order valence-corrected chi connectivity index (χ2v) is 7.39. The first kappa shape index (κ1) is 16.8. The number of hydrogen-bond acceptors (Lipinski definition) is 5. The smallest absolute Gasteiger partial charge is 0.243 e. The van der Waals surface area contributed by atoms with Crippen LogP contribution >= 0.6 is 0 Å². The van der Waals surface area contributed by atoms with Crippen molar-refractivity contribution in [2.45, 2.75) is 9.79 Å². The van der Waals surface area contributed by atoms with Crippen molar-refractivity contribution in [2.75, 3.05) is 19.7 Å². The molecule has 9 heteroatoms. The van der Waals surface area contributed by atoms with Crippen molar-refractivity contribution in [3.05, 3.63) is 36.9 Å². The summed E-state index contributed by atoms with van der Waals surface area (Å²) >= 11 is 0. The minimum Gasteiger partial charge on any atom is -0.395 e. The molecule has 0 spiro atoms. The van der Waals surface area contributed by atoms with Crippen LogP contribution in [0.4, 0.5) is 0 Å². The van der Waals surface area contributed by atoms with Crippen molar-refractivity contribution >= 4 is 20.0 Å². The van der Waals surface area contributed by atoms with E-state index in [1.54, 1.807) is 0 Å². The van der Waals surface area contributed by atoms with E-state index in [-0.39, 0.29) is 29.5 Å². The summed E-state index contributed by atoms with van der Waals surface area (Å²) in [6, 6.07) is 4.55. The summed E-state index contributed by atoms with van der Waals surface area (Å²) in [5.41, 5.74) is 0. The van der Waals surface area contributed by atoms with Gasteiger partial charge in [0, 0.05) is 13.1 Å². The molecule has 1 aromatic carbocycles. The van der Waals surface area contributed by atoms with Gasteiger partial charge in [-0.1, -0.05) is 6.08 Å². The van der Waals surface area contributed by atoms with E-state index in [1.807, 2.05) is 0 Å². The lowest BCUT2D eigenvalue weighted by Gasteiger charge is -2.19. The number of aliphatic hydroxyl groups is 1. The maximum Gasteiger partial charge on any atom is 0.243 e. The van der Waals surface area contributed by atoms with E-state index in [1.165, 1.54) is 6.08 Å². The molecule has 112 valence electrons. The second-order valence-electron chi connectivity index (χ2n) is 3.89. The van der Waals surface area contributed by atoms with Gasteiger partial charge in [-0.25, -0.2) is 22.0 Å². The summed E-state index contributed by atoms with van der Waals surface area (Å²) < 4.78 is 47.8. The van der Waals surface area contributed by atoms with Crippen LogP contribution in [-0.4, -0.2) is 45.9 Å². The summed E-state index contributed by atoms with van der Waals surface area (Å²) in [5.74, 6) is 0. The molecular formula is C11H16N2O5S2. The van der Waals surface area contributed by atoms with Crippen LogP contribution in [0.15, 0.2) is 46.7 Å². The second kappa shape index (κ2) is 6.46. The predicted octanol–water partition coefficient (Wildman–Crippen LogP) is -0.497. The highest BCUT2D eigenvalue weighted by Crippen LogP contribution is 2.17. The average molecular weight is 320 g/mol. The van der Waals surface area contributed by atoms with Gasteiger partial charge in [0.2, 0.25) is 20.0 Å². The third kappa shape index (κ3) is 3.87. The van der Waals surface area contributed by atoms with Gasteiger partial charge >= 0.3 is 0 Å². The molecule has 0 aromatic heterocycles. The molecule has 0 radical (unpaired) electrons. The van der Waals surface area contributed by atoms with Crippen LogP contribution in [0.2, 0.25) is 0 Å². The van der Waals surface area contributed by atoms with Gasteiger partial charge in [-0.05, 0) is 24.3 Å². The molecule has 0 heterocycles. The highest BCUT2D eigenvalue weighted by atomic mass is 32.2. The number of nitrogens with zero attached hydrogens (tertiary/aromatic N) is 1. The van der Waals surface area contributed by atoms with Crippen molar-refractivity contribution < 1.29 is 21.9 Å². The van der Waals surface area contributed by atoms with Gasteiger partial charge in [0.25, 0.3) is 0 Å². The Morgan fingerprint density at radius 1 is 1.15 bits per heavy atom. The third-order valence-corrected chi connectivity index (χ3v) is 5.28. The normalized spacial score (nSPS) is 12.6. The third-order valence-electron chi connectivity index (χ3n) is 2.47. The molecule has 0 aliphatic heterocycles. The minimum absolute atomic E-state index is 0.0415. The molecule has 20 heavy (non-hydrogen) atoms. The van der Waals surface area contributed by atoms with Gasteiger partial charge in [0.05, 0.1) is 16.4 Å². The highest BCUT2D eigenvalue weighted by Gasteiger charge is 2.23. The summed E-state index contributed by atoms with van der Waals surface area (Å²) in [5, 5.41) is 13.8. The lowest BCUT2D eigenvalue weighted by molar-refractivity contribution is 0.260. The van der Waals surface area contributed by atoms with Crippen LogP contribution in [0.25, 0.3) is 0 Å². The van der Waals surface area contributed by atoms with E-state index < -0.39 is 20.0 Å². The topological polar surface area (TPSA) is 118 Å². The van der Waals surface area contributed by atoms with Crippen molar-refractivity contribution in [2.24, 2.45) is 5.14 Å². The van der Waals surface area contributed by atoms with E-state index in [2.05, 4.69) is 6.58 Å². The van der Waals surface area contributed by atoms with Gasteiger partial charge in [-0.2, -0.15) is 4.31 Å². The number of sulfonamides is 2. The van der Waals surface area contributed by atoms with Crippen LogP contribution in [-0.2, 0) is 20.0 Å². The Morgan fingerprint density at radius 2 is 1.65 bits per heavy atom. The highest BCUT2D eigenvalue weighted by molar-refractivity contribution is 7.89. The molecule has 0 bridgehead atoms. The summed E-state index contributed by atoms with van der Waals surface area (Å²) in [6.45, 7) is 3.09. The van der Waals surface area contributed by atoms with E-state index in [9.17, 15) is 16.8 Å². The lowest BCUT2D eigenvalue weighted by Crippen LogP contribution is -2.33. The molecule has 0 aliphatic carbocycles. The number of rotatable bonds is 7. The van der Waals surface area contributed by atoms with Crippen molar-refractivity contribution in [1.82, 2.24) is 4.31 Å². The monoisotopic (exact) mass is 320 g/mol. The summed E-state index contributed by atoms with van der Waals surface area (Å²) in [7, 11) is -7.69. The number of nitrogens with two attached hydrogens (primary N) is 1. The first-order chi connectivity index (χ1) is 9.23. The molecule has 0 aliphatic rings. The quantitative estimate of drug-likeness (QED) is 0.657. The van der Waals surface area contributed by atoms with Crippen LogP contribution in [0, 0.1) is 0 Å². The SMILES string of the molecule is C=CCN(CCO)S(=O)(=O)c1ccc(S(N)(=O)=O)cc1. The fraction of sp³-hybridized carbons (Fsp3) is 0.273. The molecule has 0 saturated heterocycles. The van der Waals surface area contributed by atoms with E-state index in [0.29, 0.717) is 0 Å². The van der Waals surface area contributed by atoms with Gasteiger partial charge in [-0.15, -0.1) is 6.58 Å². The fourth-order valence-electron chi connectivity index (χ4n) is 1.52. The zero-order chi connectivity index (χ0) is 15.4. The van der Waals surface area contributed by atoms with E-state index in [0.717, 1.165) is 28.6 Å². The number of hydrogen-bond donors (Lipinski definition) is 2. The standard InChI is InChI=1S/C11H16N2O5S2/c1-2-7-13(8-9-14)20(17,18)11-5-3-10(4-6-11)19(12,15)16/h2-6,14H,1,7-9H2,(H2,12,15,16). The number of benzene rings is 1. The Labute approximate surface area is 118 Å². The van der Waals surface area contributed by atoms with Gasteiger partial charge < -0.3 is 5.11 Å². The first-order valence-electron chi connectivity index (χ1n) is 5.58. The average Bonchev–Trinajstić information content (AvgIpc) is 2.37. The molecule has 1 rings (SSSR count). The molecule has 0 amide bonds. The maximum absolute atomic E-state index is 12.3. The number of aliphatic hydroxyl groups excluding tert-OH is 1. The molecule has 7 nitrogen and oxygen atoms in total. The van der Waals surface area contributed by atoms with Gasteiger partial charge in [0.1, 0.15) is 0 Å². The maximum atomic E-state index is 12.3. The molecule has 0 unspecified atom stereocenters. The Kier molecular flexibility index (Phi) is 5.42. The largest absolute Gasteiger partial charge is 0.395 e. The zero-order valence-corrected chi connectivity index (χ0v) is 12.3. The molecule has 3 N–H and O–H groups in total. The van der Waals surface area contributed by atoms with Crippen molar-refractivity contribution in [3.63, 3.8) is 0 Å². The summed E-state index contributed by atoms with van der Waals surface area (Å²) in [4.78, 5) is -0.255. The van der Waals surface area contributed by atoms with E-state index in [4.69, 9.17) is 10.2 Å². The summed E-state index contributed by atoms with van der Waals surface area (Å²) in [6.07, 6.45) is 1.39. The Hall–Kier alpha value is -1.26. The van der Waals surface area contributed by atoms with Crippen molar-refractivity contribution in [3.8, 4) is 0 Å². The van der Waals surface area contributed by atoms with Crippen LogP contribution in [0.1, 0.15) is 0 Å².